The molecule has 6 heteroatoms. The number of amides is 2. The normalized spacial score (nSPS) is 20.2. The first-order chi connectivity index (χ1) is 7.59. The van der Waals surface area contributed by atoms with Crippen LogP contribution < -0.4 is 5.32 Å². The molecule has 2 N–H and O–H groups in total. The third kappa shape index (κ3) is 4.48. The molecule has 1 rings (SSSR count). The third-order valence-corrected chi connectivity index (χ3v) is 2.49. The summed E-state index contributed by atoms with van der Waals surface area (Å²) in [5.41, 5.74) is 0. The summed E-state index contributed by atoms with van der Waals surface area (Å²) in [4.78, 5) is 23.1. The Labute approximate surface area is 94.6 Å². The van der Waals surface area contributed by atoms with E-state index in [0.29, 0.717) is 6.54 Å². The van der Waals surface area contributed by atoms with Gasteiger partial charge in [-0.1, -0.05) is 0 Å². The highest BCUT2D eigenvalue weighted by molar-refractivity contribution is 5.79. The zero-order chi connectivity index (χ0) is 12.0. The Hall–Kier alpha value is -1.30. The minimum atomic E-state index is -1.05. The summed E-state index contributed by atoms with van der Waals surface area (Å²) in [6.07, 6.45) is 3.23. The van der Waals surface area contributed by atoms with E-state index in [0.717, 1.165) is 25.9 Å². The maximum absolute atomic E-state index is 11.4. The zero-order valence-corrected chi connectivity index (χ0v) is 9.44. The van der Waals surface area contributed by atoms with Gasteiger partial charge in [0.2, 0.25) is 0 Å². The number of carboxylic acid groups (broad SMARTS) is 1. The molecule has 0 aromatic heterocycles. The van der Waals surface area contributed by atoms with E-state index in [1.54, 1.807) is 7.05 Å². The van der Waals surface area contributed by atoms with Gasteiger partial charge in [-0.15, -0.1) is 0 Å². The predicted octanol–water partition coefficient (Wildman–Crippen LogP) is 0.281. The van der Waals surface area contributed by atoms with Crippen LogP contribution in [0.15, 0.2) is 0 Å². The average Bonchev–Trinajstić information content (AvgIpc) is 2.27. The van der Waals surface area contributed by atoms with E-state index >= 15 is 0 Å². The van der Waals surface area contributed by atoms with Crippen molar-refractivity contribution in [1.82, 2.24) is 10.2 Å². The summed E-state index contributed by atoms with van der Waals surface area (Å²) in [6, 6.07) is -0.378. The van der Waals surface area contributed by atoms with Crippen LogP contribution >= 0.6 is 0 Å². The maximum Gasteiger partial charge on any atom is 0.323 e. The fourth-order valence-corrected chi connectivity index (χ4v) is 1.63. The maximum atomic E-state index is 11.4. The number of nitrogens with one attached hydrogen (secondary N) is 1. The molecule has 1 atom stereocenters. The Bertz CT molecular complexity index is 251. The second-order valence-corrected chi connectivity index (χ2v) is 3.92. The van der Waals surface area contributed by atoms with Crippen molar-refractivity contribution in [2.45, 2.75) is 25.4 Å². The number of carboxylic acids is 1. The molecule has 0 aromatic rings. The lowest BCUT2D eigenvalue weighted by Gasteiger charge is -2.27. The van der Waals surface area contributed by atoms with Crippen LogP contribution in [-0.4, -0.2) is 54.9 Å². The molecule has 0 aromatic carbocycles. The zero-order valence-electron chi connectivity index (χ0n) is 9.44. The number of hydrogen-bond acceptors (Lipinski definition) is 3. The van der Waals surface area contributed by atoms with Crippen LogP contribution in [0.5, 0.6) is 0 Å². The van der Waals surface area contributed by atoms with Gasteiger partial charge in [0, 0.05) is 20.2 Å². The molecule has 1 fully saturated rings. The Morgan fingerprint density at radius 1 is 1.50 bits per heavy atom. The Morgan fingerprint density at radius 2 is 2.25 bits per heavy atom. The lowest BCUT2D eigenvalue weighted by molar-refractivity contribution is -0.135. The summed E-state index contributed by atoms with van der Waals surface area (Å²) >= 11 is 0. The van der Waals surface area contributed by atoms with Crippen molar-refractivity contribution < 1.29 is 19.4 Å². The van der Waals surface area contributed by atoms with Gasteiger partial charge in [-0.3, -0.25) is 4.79 Å². The topological polar surface area (TPSA) is 78.9 Å². The quantitative estimate of drug-likeness (QED) is 0.727. The first kappa shape index (κ1) is 12.8. The van der Waals surface area contributed by atoms with Gasteiger partial charge in [0.15, 0.2) is 0 Å². The van der Waals surface area contributed by atoms with Crippen LogP contribution in [0, 0.1) is 0 Å². The molecule has 0 bridgehead atoms. The summed E-state index contributed by atoms with van der Waals surface area (Å²) < 4.78 is 5.49. The van der Waals surface area contributed by atoms with Crippen molar-refractivity contribution in [3.05, 3.63) is 0 Å². The fraction of sp³-hybridized carbons (Fsp3) is 0.800. The molecule has 1 heterocycles. The van der Waals surface area contributed by atoms with Crippen molar-refractivity contribution in [1.29, 1.82) is 0 Å². The molecule has 0 spiro atoms. The van der Waals surface area contributed by atoms with Gasteiger partial charge in [-0.05, 0) is 19.3 Å². The monoisotopic (exact) mass is 230 g/mol. The van der Waals surface area contributed by atoms with Crippen molar-refractivity contribution in [3.8, 4) is 0 Å². The van der Waals surface area contributed by atoms with E-state index in [1.165, 1.54) is 4.90 Å². The lowest BCUT2D eigenvalue weighted by atomic mass is 10.1. The largest absolute Gasteiger partial charge is 0.480 e. The highest BCUT2D eigenvalue weighted by atomic mass is 16.5. The number of carbonyl (C=O) groups excluding carboxylic acids is 1. The van der Waals surface area contributed by atoms with Crippen LogP contribution in [0.25, 0.3) is 0 Å². The predicted molar refractivity (Wildman–Crippen MR) is 57.3 cm³/mol. The van der Waals surface area contributed by atoms with Gasteiger partial charge in [0.25, 0.3) is 0 Å². The van der Waals surface area contributed by atoms with Crippen molar-refractivity contribution >= 4 is 12.0 Å². The van der Waals surface area contributed by atoms with E-state index in [1.807, 2.05) is 0 Å². The number of nitrogens with zero attached hydrogens (tertiary/aromatic N) is 1. The summed E-state index contributed by atoms with van der Waals surface area (Å²) in [7, 11) is 1.63. The third-order valence-electron chi connectivity index (χ3n) is 2.49. The van der Waals surface area contributed by atoms with Crippen molar-refractivity contribution in [2.24, 2.45) is 0 Å². The van der Waals surface area contributed by atoms with Crippen LogP contribution in [-0.2, 0) is 9.53 Å². The Kier molecular flexibility index (Phi) is 5.04. The number of ether oxygens (including phenoxy) is 1. The van der Waals surface area contributed by atoms with E-state index in [4.69, 9.17) is 9.84 Å². The van der Waals surface area contributed by atoms with Crippen LogP contribution in [0.3, 0.4) is 0 Å². The summed E-state index contributed by atoms with van der Waals surface area (Å²) in [5.74, 6) is -1.05. The van der Waals surface area contributed by atoms with E-state index < -0.39 is 5.97 Å². The molecule has 16 heavy (non-hydrogen) atoms. The minimum absolute atomic E-state index is 0.0781. The number of likely N-dealkylation sites (N-methyl/N-ethyl adjacent to an activating group) is 1. The molecule has 0 aliphatic carbocycles. The second-order valence-electron chi connectivity index (χ2n) is 3.92. The molecule has 1 unspecified atom stereocenters. The van der Waals surface area contributed by atoms with Gasteiger partial charge in [-0.25, -0.2) is 4.79 Å². The molecular weight excluding hydrogens is 212 g/mol. The minimum Gasteiger partial charge on any atom is -0.480 e. The molecule has 1 aliphatic rings. The van der Waals surface area contributed by atoms with Gasteiger partial charge in [-0.2, -0.15) is 0 Å². The number of urea groups is 1. The fourth-order valence-electron chi connectivity index (χ4n) is 1.63. The smallest absolute Gasteiger partial charge is 0.323 e. The molecule has 1 aliphatic heterocycles. The van der Waals surface area contributed by atoms with Gasteiger partial charge in [0.05, 0.1) is 6.10 Å². The SMILES string of the molecule is CN(CC1CCCCO1)C(=O)NCC(=O)O. The van der Waals surface area contributed by atoms with Crippen LogP contribution in [0.1, 0.15) is 19.3 Å². The van der Waals surface area contributed by atoms with Gasteiger partial charge in [0.1, 0.15) is 6.54 Å². The van der Waals surface area contributed by atoms with Gasteiger partial charge >= 0.3 is 12.0 Å². The molecule has 0 radical (unpaired) electrons. The number of carbonyl (C=O) groups is 2. The summed E-state index contributed by atoms with van der Waals surface area (Å²) in [6.45, 7) is 0.898. The molecular formula is C10H18N2O4. The number of aliphatic carboxylic acids is 1. The Morgan fingerprint density at radius 3 is 2.81 bits per heavy atom. The van der Waals surface area contributed by atoms with E-state index in [9.17, 15) is 9.59 Å². The highest BCUT2D eigenvalue weighted by Crippen LogP contribution is 2.13. The number of hydrogen-bond donors (Lipinski definition) is 2. The molecule has 0 saturated carbocycles. The summed E-state index contributed by atoms with van der Waals surface area (Å²) in [5, 5.41) is 10.7. The second kappa shape index (κ2) is 6.32. The Balaban J connectivity index is 2.24. The molecule has 2 amide bonds. The molecule has 6 nitrogen and oxygen atoms in total. The van der Waals surface area contributed by atoms with Crippen molar-refractivity contribution in [3.63, 3.8) is 0 Å². The van der Waals surface area contributed by atoms with E-state index in [2.05, 4.69) is 5.32 Å². The van der Waals surface area contributed by atoms with Gasteiger partial charge < -0.3 is 20.1 Å². The highest BCUT2D eigenvalue weighted by Gasteiger charge is 2.18. The van der Waals surface area contributed by atoms with Crippen molar-refractivity contribution in [2.75, 3.05) is 26.7 Å². The molecule has 92 valence electrons. The average molecular weight is 230 g/mol. The van der Waals surface area contributed by atoms with Crippen LogP contribution in [0.2, 0.25) is 0 Å². The van der Waals surface area contributed by atoms with E-state index in [-0.39, 0.29) is 18.7 Å². The van der Waals surface area contributed by atoms with Crippen LogP contribution in [0.4, 0.5) is 4.79 Å². The first-order valence-corrected chi connectivity index (χ1v) is 5.42. The molecule has 1 saturated heterocycles. The lowest BCUT2D eigenvalue weighted by Crippen LogP contribution is -2.44. The first-order valence-electron chi connectivity index (χ1n) is 5.42. The standard InChI is InChI=1S/C10H18N2O4/c1-12(10(15)11-6-9(13)14)7-8-4-2-3-5-16-8/h8H,2-7H2,1H3,(H,11,15)(H,13,14). The number of rotatable bonds is 4.